The van der Waals surface area contributed by atoms with E-state index in [1.807, 2.05) is 74.5 Å². The maximum Gasteiger partial charge on any atom is 0.322 e. The van der Waals surface area contributed by atoms with Gasteiger partial charge in [0, 0.05) is 11.3 Å². The average Bonchev–Trinajstić information content (AvgIpc) is 3.41. The molecule has 0 radical (unpaired) electrons. The Morgan fingerprint density at radius 3 is 2.41 bits per heavy atom. The molecule has 1 aliphatic heterocycles. The van der Waals surface area contributed by atoms with Crippen LogP contribution >= 0.6 is 0 Å². The Labute approximate surface area is 216 Å². The predicted molar refractivity (Wildman–Crippen MR) is 143 cm³/mol. The van der Waals surface area contributed by atoms with Gasteiger partial charge in [-0.2, -0.15) is 4.98 Å². The number of nitrogens with zero attached hydrogens (tertiary/aromatic N) is 3. The van der Waals surface area contributed by atoms with Gasteiger partial charge in [0.15, 0.2) is 0 Å². The van der Waals surface area contributed by atoms with Gasteiger partial charge >= 0.3 is 6.03 Å². The largest absolute Gasteiger partial charge is 0.497 e. The highest BCUT2D eigenvalue weighted by Crippen LogP contribution is 2.38. The van der Waals surface area contributed by atoms with Gasteiger partial charge in [0.05, 0.1) is 25.3 Å². The molecule has 0 bridgehead atoms. The van der Waals surface area contributed by atoms with Gasteiger partial charge < -0.3 is 14.6 Å². The van der Waals surface area contributed by atoms with E-state index in [2.05, 4.69) is 29.5 Å². The summed E-state index contributed by atoms with van der Waals surface area (Å²) in [4.78, 5) is 19.9. The van der Waals surface area contributed by atoms with Crippen molar-refractivity contribution in [2.24, 2.45) is 0 Å². The molecule has 0 saturated heterocycles. The average molecular weight is 495 g/mol. The van der Waals surface area contributed by atoms with Crippen molar-refractivity contribution in [1.29, 1.82) is 0 Å². The molecule has 1 N–H and O–H groups in total. The Bertz CT molecular complexity index is 1440. The maximum atomic E-state index is 13.4. The third kappa shape index (κ3) is 4.85. The zero-order valence-corrected chi connectivity index (χ0v) is 21.5. The van der Waals surface area contributed by atoms with Gasteiger partial charge in [0.2, 0.25) is 5.82 Å². The van der Waals surface area contributed by atoms with Crippen LogP contribution in [0.15, 0.2) is 83.0 Å². The summed E-state index contributed by atoms with van der Waals surface area (Å²) >= 11 is 0. The lowest BCUT2D eigenvalue weighted by Gasteiger charge is -2.35. The van der Waals surface area contributed by atoms with Crippen molar-refractivity contribution in [1.82, 2.24) is 20.4 Å². The molecular formula is C30H30N4O3. The Kier molecular flexibility index (Phi) is 6.77. The number of ether oxygens (including phenoxy) is 1. The zero-order chi connectivity index (χ0) is 25.9. The van der Waals surface area contributed by atoms with Crippen LogP contribution in [0.2, 0.25) is 0 Å². The number of nitrogens with one attached hydrogen (secondary N) is 1. The summed E-state index contributed by atoms with van der Waals surface area (Å²) in [6, 6.07) is 23.2. The third-order valence-corrected chi connectivity index (χ3v) is 6.91. The van der Waals surface area contributed by atoms with Gasteiger partial charge in [-0.25, -0.2) is 4.79 Å². The van der Waals surface area contributed by atoms with Crippen LogP contribution in [0.3, 0.4) is 0 Å². The summed E-state index contributed by atoms with van der Waals surface area (Å²) in [6.45, 7) is 6.53. The van der Waals surface area contributed by atoms with Crippen molar-refractivity contribution in [3.8, 4) is 17.1 Å². The number of allylic oxidation sites excluding steroid dienone is 1. The fourth-order valence-electron chi connectivity index (χ4n) is 4.59. The Morgan fingerprint density at radius 1 is 1.00 bits per heavy atom. The molecule has 188 valence electrons. The lowest BCUT2D eigenvalue weighted by atomic mass is 9.94. The molecular weight excluding hydrogens is 464 g/mol. The van der Waals surface area contributed by atoms with E-state index >= 15 is 0 Å². The molecule has 5 rings (SSSR count). The summed E-state index contributed by atoms with van der Waals surface area (Å²) in [6.07, 6.45) is 0.962. The van der Waals surface area contributed by atoms with Gasteiger partial charge in [0.1, 0.15) is 5.75 Å². The smallest absolute Gasteiger partial charge is 0.322 e. The molecule has 0 aliphatic carbocycles. The Balaban J connectivity index is 1.58. The van der Waals surface area contributed by atoms with Crippen molar-refractivity contribution in [3.63, 3.8) is 0 Å². The second-order valence-corrected chi connectivity index (χ2v) is 9.14. The third-order valence-electron chi connectivity index (χ3n) is 6.91. The standard InChI is InChI=1S/C30H30N4O3/c1-5-21-10-12-23(13-11-21)28-32-29(37-33-28)26-20(3)34(18-24-9-7-6-8-19(24)2)30(35)31-27(26)22-14-16-25(36-4)17-15-22/h6-17,27H,5,18H2,1-4H3,(H,31,35). The van der Waals surface area contributed by atoms with Crippen molar-refractivity contribution < 1.29 is 14.1 Å². The minimum atomic E-state index is -0.456. The van der Waals surface area contributed by atoms with Crippen LogP contribution in [-0.4, -0.2) is 28.2 Å². The molecule has 0 fully saturated rings. The molecule has 2 amide bonds. The summed E-state index contributed by atoms with van der Waals surface area (Å²) < 4.78 is 11.1. The van der Waals surface area contributed by atoms with Crippen molar-refractivity contribution in [3.05, 3.63) is 107 Å². The number of rotatable bonds is 7. The Morgan fingerprint density at radius 2 is 1.73 bits per heavy atom. The molecule has 3 aromatic carbocycles. The highest BCUT2D eigenvalue weighted by molar-refractivity contribution is 5.87. The number of hydrogen-bond acceptors (Lipinski definition) is 5. The molecule has 1 aliphatic rings. The number of carbonyl (C=O) groups is 1. The van der Waals surface area contributed by atoms with E-state index in [1.165, 1.54) is 5.56 Å². The maximum absolute atomic E-state index is 13.4. The molecule has 1 aromatic heterocycles. The molecule has 7 nitrogen and oxygen atoms in total. The minimum absolute atomic E-state index is 0.180. The molecule has 1 atom stereocenters. The van der Waals surface area contributed by atoms with Gasteiger partial charge in [-0.1, -0.05) is 72.7 Å². The van der Waals surface area contributed by atoms with Crippen LogP contribution in [0, 0.1) is 6.92 Å². The first-order chi connectivity index (χ1) is 18.0. The molecule has 4 aromatic rings. The quantitative estimate of drug-likeness (QED) is 0.325. The van der Waals surface area contributed by atoms with E-state index < -0.39 is 6.04 Å². The van der Waals surface area contributed by atoms with Crippen LogP contribution in [0.5, 0.6) is 5.75 Å². The molecule has 0 spiro atoms. The lowest BCUT2D eigenvalue weighted by Crippen LogP contribution is -2.45. The van der Waals surface area contributed by atoms with Crippen LogP contribution in [0.4, 0.5) is 4.79 Å². The van der Waals surface area contributed by atoms with E-state index in [0.717, 1.165) is 45.7 Å². The number of aromatic nitrogens is 2. The van der Waals surface area contributed by atoms with E-state index in [-0.39, 0.29) is 6.03 Å². The van der Waals surface area contributed by atoms with E-state index in [4.69, 9.17) is 14.2 Å². The van der Waals surface area contributed by atoms with Crippen molar-refractivity contribution in [2.75, 3.05) is 7.11 Å². The van der Waals surface area contributed by atoms with Gasteiger partial charge in [0.25, 0.3) is 5.89 Å². The number of amides is 2. The Hall–Kier alpha value is -4.39. The van der Waals surface area contributed by atoms with Gasteiger partial charge in [-0.3, -0.25) is 4.90 Å². The fourth-order valence-corrected chi connectivity index (χ4v) is 4.59. The second-order valence-electron chi connectivity index (χ2n) is 9.14. The van der Waals surface area contributed by atoms with Gasteiger partial charge in [-0.05, 0) is 54.7 Å². The van der Waals surface area contributed by atoms with Crippen molar-refractivity contribution >= 4 is 11.6 Å². The SMILES string of the molecule is CCc1ccc(-c2noc(C3=C(C)N(Cc4ccccc4C)C(=O)NC3c3ccc(OC)cc3)n2)cc1. The summed E-state index contributed by atoms with van der Waals surface area (Å²) in [7, 11) is 1.63. The number of urea groups is 1. The summed E-state index contributed by atoms with van der Waals surface area (Å²) in [5.74, 6) is 1.63. The first kappa shape index (κ1) is 24.3. The van der Waals surface area contributed by atoms with Crippen molar-refractivity contribution in [2.45, 2.75) is 39.8 Å². The highest BCUT2D eigenvalue weighted by Gasteiger charge is 2.36. The molecule has 7 heteroatoms. The van der Waals surface area contributed by atoms with Crippen LogP contribution < -0.4 is 10.1 Å². The normalized spacial score (nSPS) is 15.6. The first-order valence-corrected chi connectivity index (χ1v) is 12.4. The van der Waals surface area contributed by atoms with Crippen LogP contribution in [-0.2, 0) is 13.0 Å². The number of carbonyl (C=O) groups excluding carboxylic acids is 1. The minimum Gasteiger partial charge on any atom is -0.497 e. The molecule has 2 heterocycles. The lowest BCUT2D eigenvalue weighted by molar-refractivity contribution is 0.203. The van der Waals surface area contributed by atoms with Crippen LogP contribution in [0.25, 0.3) is 17.0 Å². The van der Waals surface area contributed by atoms with Gasteiger partial charge in [-0.15, -0.1) is 0 Å². The monoisotopic (exact) mass is 494 g/mol. The molecule has 0 saturated carbocycles. The molecule has 37 heavy (non-hydrogen) atoms. The number of aryl methyl sites for hydroxylation is 2. The predicted octanol–water partition coefficient (Wildman–Crippen LogP) is 6.31. The second kappa shape index (κ2) is 10.3. The van der Waals surface area contributed by atoms with E-state index in [1.54, 1.807) is 12.0 Å². The zero-order valence-electron chi connectivity index (χ0n) is 21.5. The fraction of sp³-hybridized carbons (Fsp3) is 0.233. The van der Waals surface area contributed by atoms with Crippen LogP contribution in [0.1, 0.15) is 48.0 Å². The number of methoxy groups -OCH3 is 1. The number of benzene rings is 3. The molecule has 1 unspecified atom stereocenters. The summed E-state index contributed by atoms with van der Waals surface area (Å²) in [5, 5.41) is 7.44. The highest BCUT2D eigenvalue weighted by atomic mass is 16.5. The first-order valence-electron chi connectivity index (χ1n) is 12.4. The van der Waals surface area contributed by atoms with E-state index in [9.17, 15) is 4.79 Å². The topological polar surface area (TPSA) is 80.5 Å². The van der Waals surface area contributed by atoms with E-state index in [0.29, 0.717) is 18.3 Å². The number of hydrogen-bond donors (Lipinski definition) is 1. The summed E-state index contributed by atoms with van der Waals surface area (Å²) in [5.41, 5.74) is 6.74.